The number of rotatable bonds is 9. The number of hydrogen-bond acceptors (Lipinski definition) is 15. The normalized spacial score (nSPS) is 22.3. The molecule has 4 rings (SSSR count). The van der Waals surface area contributed by atoms with E-state index in [9.17, 15) is 28.8 Å². The molecule has 0 N–H and O–H groups in total. The van der Waals surface area contributed by atoms with Crippen LogP contribution in [0, 0.1) is 0 Å². The molecule has 3 heterocycles. The van der Waals surface area contributed by atoms with Crippen molar-refractivity contribution in [2.75, 3.05) is 39.6 Å². The SMILES string of the molecule is O=C1OCC(COC(=O)c2cc(C(=O)OCC3COC(=O)O3)cc(C(=O)OCC3COC(=O)O3)c2)O1. The van der Waals surface area contributed by atoms with Gasteiger partial charge in [0, 0.05) is 0 Å². The van der Waals surface area contributed by atoms with Crippen molar-refractivity contribution in [1.29, 1.82) is 0 Å². The Morgan fingerprint density at radius 2 is 0.861 bits per heavy atom. The first-order chi connectivity index (χ1) is 17.3. The zero-order valence-corrected chi connectivity index (χ0v) is 18.3. The van der Waals surface area contributed by atoms with Gasteiger partial charge in [-0.2, -0.15) is 0 Å². The minimum Gasteiger partial charge on any atom is -0.458 e. The standard InChI is InChI=1S/C21H18O15/c22-16(28-4-13-7-31-19(25)34-13)10-1-11(17(23)29-5-14-8-32-20(26)35-14)3-12(2-10)18(24)30-6-15-9-33-21(27)36-15/h1-3,13-15H,4-9H2. The largest absolute Gasteiger partial charge is 0.508 e. The molecule has 3 unspecified atom stereocenters. The number of carbonyl (C=O) groups excluding carboxylic acids is 6. The molecular weight excluding hydrogens is 492 g/mol. The first-order valence-electron chi connectivity index (χ1n) is 10.4. The Kier molecular flexibility index (Phi) is 7.36. The van der Waals surface area contributed by atoms with Gasteiger partial charge in [0.15, 0.2) is 18.3 Å². The maximum Gasteiger partial charge on any atom is 0.508 e. The van der Waals surface area contributed by atoms with Crippen molar-refractivity contribution in [1.82, 2.24) is 0 Å². The molecule has 0 radical (unpaired) electrons. The molecule has 192 valence electrons. The summed E-state index contributed by atoms with van der Waals surface area (Å²) >= 11 is 0. The number of benzene rings is 1. The average Bonchev–Trinajstić information content (AvgIpc) is 3.60. The summed E-state index contributed by atoms with van der Waals surface area (Å²) in [6, 6.07) is 3.34. The van der Waals surface area contributed by atoms with E-state index in [-0.39, 0.29) is 56.3 Å². The predicted molar refractivity (Wildman–Crippen MR) is 106 cm³/mol. The number of cyclic esters (lactones) is 6. The maximum atomic E-state index is 12.6. The highest BCUT2D eigenvalue weighted by atomic mass is 16.8. The first kappa shape index (κ1) is 24.6. The lowest BCUT2D eigenvalue weighted by atomic mass is 10.1. The quantitative estimate of drug-likeness (QED) is 0.334. The highest BCUT2D eigenvalue weighted by Crippen LogP contribution is 2.17. The molecule has 1 aromatic carbocycles. The average molecular weight is 510 g/mol. The molecule has 0 amide bonds. The zero-order chi connectivity index (χ0) is 25.7. The van der Waals surface area contributed by atoms with Crippen molar-refractivity contribution in [3.63, 3.8) is 0 Å². The third-order valence-corrected chi connectivity index (χ3v) is 4.79. The molecule has 15 nitrogen and oxygen atoms in total. The van der Waals surface area contributed by atoms with E-state index in [0.717, 1.165) is 18.2 Å². The van der Waals surface area contributed by atoms with Crippen LogP contribution in [0.3, 0.4) is 0 Å². The molecule has 0 spiro atoms. The third-order valence-electron chi connectivity index (χ3n) is 4.79. The van der Waals surface area contributed by atoms with Crippen molar-refractivity contribution >= 4 is 36.4 Å². The lowest BCUT2D eigenvalue weighted by molar-refractivity contribution is 0.0287. The van der Waals surface area contributed by atoms with Gasteiger partial charge in [-0.05, 0) is 18.2 Å². The van der Waals surface area contributed by atoms with Gasteiger partial charge in [-0.15, -0.1) is 0 Å². The molecular formula is C21H18O15. The number of esters is 3. The summed E-state index contributed by atoms with van der Waals surface area (Å²) in [6.45, 7) is -1.33. The second kappa shape index (κ2) is 10.8. The van der Waals surface area contributed by atoms with Crippen LogP contribution in [0.4, 0.5) is 14.4 Å². The van der Waals surface area contributed by atoms with Crippen LogP contribution in [-0.4, -0.2) is 94.3 Å². The summed E-state index contributed by atoms with van der Waals surface area (Å²) in [6.07, 6.45) is -5.14. The van der Waals surface area contributed by atoms with E-state index in [4.69, 9.17) is 28.4 Å². The molecule has 3 saturated heterocycles. The van der Waals surface area contributed by atoms with Crippen LogP contribution < -0.4 is 0 Å². The van der Waals surface area contributed by atoms with Gasteiger partial charge < -0.3 is 42.6 Å². The fourth-order valence-corrected chi connectivity index (χ4v) is 3.08. The molecule has 3 aliphatic rings. The van der Waals surface area contributed by atoms with Gasteiger partial charge >= 0.3 is 36.4 Å². The van der Waals surface area contributed by atoms with Gasteiger partial charge in [0.05, 0.1) is 16.7 Å². The van der Waals surface area contributed by atoms with Crippen LogP contribution in [0.25, 0.3) is 0 Å². The van der Waals surface area contributed by atoms with Crippen molar-refractivity contribution in [3.05, 3.63) is 34.9 Å². The van der Waals surface area contributed by atoms with Gasteiger partial charge in [-0.25, -0.2) is 28.8 Å². The Hall–Kier alpha value is -4.56. The number of ether oxygens (including phenoxy) is 9. The summed E-state index contributed by atoms with van der Waals surface area (Å²) in [5.41, 5.74) is -0.645. The smallest absolute Gasteiger partial charge is 0.458 e. The van der Waals surface area contributed by atoms with Crippen molar-refractivity contribution < 1.29 is 71.4 Å². The predicted octanol–water partition coefficient (Wildman–Crippen LogP) is 0.763. The van der Waals surface area contributed by atoms with Gasteiger partial charge in [0.2, 0.25) is 0 Å². The second-order valence-electron chi connectivity index (χ2n) is 7.50. The van der Waals surface area contributed by atoms with Crippen LogP contribution in [0.5, 0.6) is 0 Å². The highest BCUT2D eigenvalue weighted by molar-refractivity contribution is 6.00. The minimum atomic E-state index is -0.946. The van der Waals surface area contributed by atoms with E-state index >= 15 is 0 Å². The van der Waals surface area contributed by atoms with E-state index in [1.165, 1.54) is 0 Å². The van der Waals surface area contributed by atoms with E-state index in [1.807, 2.05) is 0 Å². The van der Waals surface area contributed by atoms with Gasteiger partial charge in [-0.3, -0.25) is 0 Å². The minimum absolute atomic E-state index is 0.110. The molecule has 3 aliphatic heterocycles. The van der Waals surface area contributed by atoms with Crippen LogP contribution >= 0.6 is 0 Å². The lowest BCUT2D eigenvalue weighted by Crippen LogP contribution is -2.23. The Morgan fingerprint density at radius 1 is 0.583 bits per heavy atom. The maximum absolute atomic E-state index is 12.6. The Labute approximate surface area is 201 Å². The second-order valence-corrected chi connectivity index (χ2v) is 7.50. The van der Waals surface area contributed by atoms with Gasteiger partial charge in [0.1, 0.15) is 39.6 Å². The van der Waals surface area contributed by atoms with Crippen LogP contribution in [-0.2, 0) is 42.6 Å². The van der Waals surface area contributed by atoms with Crippen molar-refractivity contribution in [2.24, 2.45) is 0 Å². The monoisotopic (exact) mass is 510 g/mol. The summed E-state index contributed by atoms with van der Waals surface area (Å²) in [4.78, 5) is 70.7. The van der Waals surface area contributed by atoms with Crippen molar-refractivity contribution in [2.45, 2.75) is 18.3 Å². The fraction of sp³-hybridized carbons (Fsp3) is 0.429. The molecule has 15 heteroatoms. The van der Waals surface area contributed by atoms with Crippen molar-refractivity contribution in [3.8, 4) is 0 Å². The van der Waals surface area contributed by atoms with Crippen LogP contribution in [0.2, 0.25) is 0 Å². The molecule has 0 aliphatic carbocycles. The topological polar surface area (TPSA) is 185 Å². The molecule has 3 fully saturated rings. The van der Waals surface area contributed by atoms with E-state index < -0.39 is 54.7 Å². The van der Waals surface area contributed by atoms with E-state index in [1.54, 1.807) is 0 Å². The third kappa shape index (κ3) is 6.31. The van der Waals surface area contributed by atoms with Crippen LogP contribution in [0.1, 0.15) is 31.1 Å². The zero-order valence-electron chi connectivity index (χ0n) is 18.3. The van der Waals surface area contributed by atoms with E-state index in [0.29, 0.717) is 0 Å². The fourth-order valence-electron chi connectivity index (χ4n) is 3.08. The molecule has 0 aromatic heterocycles. The highest BCUT2D eigenvalue weighted by Gasteiger charge is 2.30. The summed E-state index contributed by atoms with van der Waals surface area (Å²) < 4.78 is 43.4. The number of hydrogen-bond donors (Lipinski definition) is 0. The first-order valence-corrected chi connectivity index (χ1v) is 10.4. The summed E-state index contributed by atoms with van der Waals surface area (Å²) in [7, 11) is 0. The summed E-state index contributed by atoms with van der Waals surface area (Å²) in [5.74, 6) is -2.84. The number of carbonyl (C=O) groups is 6. The summed E-state index contributed by atoms with van der Waals surface area (Å²) in [5, 5.41) is 0. The molecule has 3 atom stereocenters. The van der Waals surface area contributed by atoms with Crippen LogP contribution in [0.15, 0.2) is 18.2 Å². The Balaban J connectivity index is 1.45. The molecule has 0 bridgehead atoms. The molecule has 1 aromatic rings. The Bertz CT molecular complexity index is 933. The van der Waals surface area contributed by atoms with Gasteiger partial charge in [0.25, 0.3) is 0 Å². The lowest BCUT2D eigenvalue weighted by Gasteiger charge is -2.12. The Morgan fingerprint density at radius 3 is 1.08 bits per heavy atom. The molecule has 0 saturated carbocycles. The van der Waals surface area contributed by atoms with E-state index in [2.05, 4.69) is 14.2 Å². The molecule has 36 heavy (non-hydrogen) atoms. The van der Waals surface area contributed by atoms with Gasteiger partial charge in [-0.1, -0.05) is 0 Å².